The molecule has 0 spiro atoms. The number of imidazole rings is 3. The third-order valence-electron chi connectivity index (χ3n) is 13.6. The highest BCUT2D eigenvalue weighted by Gasteiger charge is 2.21. The lowest BCUT2D eigenvalue weighted by molar-refractivity contribution is 0.0792. The van der Waals surface area contributed by atoms with E-state index in [1.54, 1.807) is 32.9 Å². The quantitative estimate of drug-likeness (QED) is 0.0862. The number of H-pyrrole nitrogens is 3. The van der Waals surface area contributed by atoms with Crippen LogP contribution in [0.4, 0.5) is 5.69 Å². The zero-order valence-corrected chi connectivity index (χ0v) is 48.4. The maximum absolute atomic E-state index is 11.7. The Hall–Kier alpha value is -10.3. The summed E-state index contributed by atoms with van der Waals surface area (Å²) in [5, 5.41) is 20.6. The first-order valence-electron chi connectivity index (χ1n) is 27.3. The summed E-state index contributed by atoms with van der Waals surface area (Å²) in [5.74, 6) is 20.6. The molecule has 0 radical (unpaired) electrons. The van der Waals surface area contributed by atoms with Crippen molar-refractivity contribution >= 4 is 48.8 Å². The largest absolute Gasteiger partial charge is 0.389 e. The standard InChI is InChI=1S/C25H22N2O.C24H20N2O.C23H19N3O2S/c1-17-7-6-8-18(15-17)11-14-24-26-22-13-12-19(16-23(22)27-24)20-9-4-5-10-21(20)25(2,3)28;1-16-6-5-7-18(14-16)10-13-24-25-22-12-11-19(15-23(22)26-24)21-9-4-3-8-20(21)17(2)27;1-16-6-5-7-17(14-16)10-13-23-24-21-12-11-18(15-22(21)25-23)19-8-3-4-9-20(19)26-29(2,27)28/h4-10,12-13,15-16,28H,1-3H3,(H,26,27);3-9,11-12,14-15,17,27H,1-2H3,(H,25,26);3-9,11-12,14-15,26H,1-2H3,(H,24,25). The molecule has 414 valence electrons. The van der Waals surface area contributed by atoms with Crippen molar-refractivity contribution in [2.75, 3.05) is 11.0 Å². The van der Waals surface area contributed by atoms with Crippen LogP contribution in [0.25, 0.3) is 66.5 Å². The van der Waals surface area contributed by atoms with E-state index in [-0.39, 0.29) is 0 Å². The second-order valence-electron chi connectivity index (χ2n) is 21.1. The number of rotatable bonds is 7. The number of aromatic nitrogens is 6. The fourth-order valence-corrected chi connectivity index (χ4v) is 10.3. The number of aliphatic hydroxyl groups is 2. The zero-order valence-electron chi connectivity index (χ0n) is 47.6. The van der Waals surface area contributed by atoms with Crippen molar-refractivity contribution in [1.29, 1.82) is 0 Å². The van der Waals surface area contributed by atoms with E-state index in [0.29, 0.717) is 23.2 Å². The molecule has 0 fully saturated rings. The number of nitrogens with one attached hydrogen (secondary N) is 4. The van der Waals surface area contributed by atoms with Crippen molar-refractivity contribution in [2.24, 2.45) is 0 Å². The molecule has 12 heteroatoms. The minimum absolute atomic E-state index is 0.519. The van der Waals surface area contributed by atoms with Crippen LogP contribution in [0.15, 0.2) is 200 Å². The summed E-state index contributed by atoms with van der Waals surface area (Å²) < 4.78 is 25.9. The van der Waals surface area contributed by atoms with Gasteiger partial charge < -0.3 is 25.2 Å². The molecule has 12 aromatic rings. The Bertz CT molecular complexity index is 4720. The average molecular weight is 1120 g/mol. The Morgan fingerprint density at radius 3 is 1.26 bits per heavy atom. The SMILES string of the molecule is Cc1cccc(C#Cc2nc3ccc(-c4ccccc4C(C)(C)O)cc3[nH]2)c1.Cc1cccc(C#Cc2nc3ccc(-c4ccccc4C(C)O)cc3[nH]2)c1.Cc1cccc(C#Cc2nc3ccc(-c4ccccc4NS(C)(=O)=O)cc3[nH]2)c1. The van der Waals surface area contributed by atoms with Gasteiger partial charge in [0, 0.05) is 22.3 Å². The molecule has 6 N–H and O–H groups in total. The number of hydrogen-bond donors (Lipinski definition) is 6. The van der Waals surface area contributed by atoms with E-state index in [1.165, 1.54) is 11.1 Å². The first-order valence-corrected chi connectivity index (χ1v) is 29.2. The number of para-hydroxylation sites is 1. The summed E-state index contributed by atoms with van der Waals surface area (Å²) in [6.45, 7) is 11.5. The molecular formula is C72H61N7O4S. The van der Waals surface area contributed by atoms with E-state index in [1.807, 2.05) is 159 Å². The monoisotopic (exact) mass is 1120 g/mol. The third-order valence-corrected chi connectivity index (χ3v) is 14.2. The number of sulfonamides is 1. The first kappa shape index (κ1) is 57.0. The van der Waals surface area contributed by atoms with Crippen molar-refractivity contribution in [3.8, 4) is 68.9 Å². The second kappa shape index (κ2) is 24.8. The maximum atomic E-state index is 11.7. The number of aliphatic hydroxyl groups excluding tert-OH is 1. The molecule has 0 saturated carbocycles. The summed E-state index contributed by atoms with van der Waals surface area (Å²) in [5.41, 5.74) is 18.9. The Balaban J connectivity index is 0.000000140. The number of aromatic amines is 3. The number of benzene rings is 9. The highest BCUT2D eigenvalue weighted by atomic mass is 32.2. The van der Waals surface area contributed by atoms with Gasteiger partial charge in [0.05, 0.1) is 56.7 Å². The molecule has 0 bridgehead atoms. The molecular weight excluding hydrogens is 1060 g/mol. The van der Waals surface area contributed by atoms with Gasteiger partial charge in [-0.1, -0.05) is 139 Å². The van der Waals surface area contributed by atoms with Crippen molar-refractivity contribution in [2.45, 2.75) is 53.2 Å². The molecule has 1 unspecified atom stereocenters. The molecule has 9 aromatic carbocycles. The molecule has 3 heterocycles. The van der Waals surface area contributed by atoms with Gasteiger partial charge in [0.25, 0.3) is 0 Å². The molecule has 0 saturated heterocycles. The smallest absolute Gasteiger partial charge is 0.229 e. The van der Waals surface area contributed by atoms with Gasteiger partial charge in [0.2, 0.25) is 10.0 Å². The van der Waals surface area contributed by atoms with Crippen LogP contribution in [0.1, 0.15) is 88.9 Å². The maximum Gasteiger partial charge on any atom is 0.229 e. The highest BCUT2D eigenvalue weighted by molar-refractivity contribution is 7.92. The summed E-state index contributed by atoms with van der Waals surface area (Å²) >= 11 is 0. The van der Waals surface area contributed by atoms with Crippen LogP contribution in [0.3, 0.4) is 0 Å². The molecule has 0 aliphatic carbocycles. The summed E-state index contributed by atoms with van der Waals surface area (Å²) in [4.78, 5) is 23.5. The van der Waals surface area contributed by atoms with Crippen LogP contribution in [0.2, 0.25) is 0 Å². The van der Waals surface area contributed by atoms with Gasteiger partial charge in [0.1, 0.15) is 0 Å². The number of nitrogens with zero attached hydrogens (tertiary/aromatic N) is 3. The molecule has 0 aliphatic heterocycles. The van der Waals surface area contributed by atoms with E-state index in [2.05, 4.69) is 120 Å². The fourth-order valence-electron chi connectivity index (χ4n) is 9.69. The minimum Gasteiger partial charge on any atom is -0.389 e. The van der Waals surface area contributed by atoms with Gasteiger partial charge in [-0.05, 0) is 194 Å². The normalized spacial score (nSPS) is 11.4. The van der Waals surface area contributed by atoms with E-state index >= 15 is 0 Å². The van der Waals surface area contributed by atoms with Crippen LogP contribution in [-0.2, 0) is 15.6 Å². The lowest BCUT2D eigenvalue weighted by Gasteiger charge is -2.21. The number of fused-ring (bicyclic) bond motifs is 3. The fraction of sp³-hybridized carbons (Fsp3) is 0.125. The predicted molar refractivity (Wildman–Crippen MR) is 340 cm³/mol. The summed E-state index contributed by atoms with van der Waals surface area (Å²) in [7, 11) is -3.37. The van der Waals surface area contributed by atoms with Gasteiger partial charge in [0.15, 0.2) is 17.5 Å². The van der Waals surface area contributed by atoms with Gasteiger partial charge in [-0.25, -0.2) is 23.4 Å². The molecule has 0 aliphatic rings. The number of hydrogen-bond acceptors (Lipinski definition) is 7. The minimum atomic E-state index is -3.37. The van der Waals surface area contributed by atoms with Gasteiger partial charge >= 0.3 is 0 Å². The van der Waals surface area contributed by atoms with Crippen LogP contribution in [0, 0.1) is 56.3 Å². The van der Waals surface area contributed by atoms with E-state index in [0.717, 1.165) is 106 Å². The van der Waals surface area contributed by atoms with Crippen LogP contribution in [-0.4, -0.2) is 54.8 Å². The van der Waals surface area contributed by atoms with Crippen LogP contribution >= 0.6 is 0 Å². The zero-order chi connectivity index (χ0) is 59.0. The Labute approximate surface area is 490 Å². The molecule has 11 nitrogen and oxygen atoms in total. The lowest BCUT2D eigenvalue weighted by Crippen LogP contribution is -2.16. The summed E-state index contributed by atoms with van der Waals surface area (Å²) in [6, 6.07) is 65.3. The molecule has 0 amide bonds. The van der Waals surface area contributed by atoms with Gasteiger partial charge in [-0.2, -0.15) is 0 Å². The van der Waals surface area contributed by atoms with Gasteiger partial charge in [-0.15, -0.1) is 0 Å². The van der Waals surface area contributed by atoms with Crippen molar-refractivity contribution < 1.29 is 18.6 Å². The third kappa shape index (κ3) is 14.4. The summed E-state index contributed by atoms with van der Waals surface area (Å²) in [6.07, 6.45) is 0.621. The van der Waals surface area contributed by atoms with E-state index in [9.17, 15) is 18.6 Å². The Morgan fingerprint density at radius 2 is 0.845 bits per heavy atom. The van der Waals surface area contributed by atoms with Crippen LogP contribution < -0.4 is 4.72 Å². The van der Waals surface area contributed by atoms with E-state index in [4.69, 9.17) is 0 Å². The number of aryl methyl sites for hydroxylation is 3. The average Bonchev–Trinajstić information content (AvgIpc) is 3.27. The van der Waals surface area contributed by atoms with Crippen LogP contribution in [0.5, 0.6) is 0 Å². The van der Waals surface area contributed by atoms with Crippen molar-refractivity contribution in [3.05, 3.63) is 262 Å². The van der Waals surface area contributed by atoms with Crippen molar-refractivity contribution in [1.82, 2.24) is 29.9 Å². The number of anilines is 1. The highest BCUT2D eigenvalue weighted by Crippen LogP contribution is 2.34. The molecule has 3 aromatic heterocycles. The van der Waals surface area contributed by atoms with Crippen molar-refractivity contribution in [3.63, 3.8) is 0 Å². The molecule has 12 rings (SSSR count). The van der Waals surface area contributed by atoms with Gasteiger partial charge in [-0.3, -0.25) is 4.72 Å². The Kier molecular flexibility index (Phi) is 16.9. The van der Waals surface area contributed by atoms with E-state index < -0.39 is 21.7 Å². The first-order chi connectivity index (χ1) is 40.4. The molecule has 1 atom stereocenters. The lowest BCUT2D eigenvalue weighted by atomic mass is 9.89. The Morgan fingerprint density at radius 1 is 0.464 bits per heavy atom. The topological polar surface area (TPSA) is 173 Å². The second-order valence-corrected chi connectivity index (χ2v) is 22.8. The predicted octanol–water partition coefficient (Wildman–Crippen LogP) is 14.5. The molecule has 84 heavy (non-hydrogen) atoms.